The van der Waals surface area contributed by atoms with Gasteiger partial charge in [-0.2, -0.15) is 5.10 Å². The van der Waals surface area contributed by atoms with Gasteiger partial charge in [0.2, 0.25) is 0 Å². The Kier molecular flexibility index (Phi) is 4.67. The second kappa shape index (κ2) is 7.65. The minimum atomic E-state index is -0.320. The van der Waals surface area contributed by atoms with E-state index in [0.29, 0.717) is 12.2 Å². The fraction of sp³-hybridized carbons (Fsp3) is 0.120. The van der Waals surface area contributed by atoms with E-state index in [0.717, 1.165) is 33.7 Å². The Balaban J connectivity index is 1.63. The molecule has 0 aliphatic carbocycles. The number of benzene rings is 3. The number of carbonyl (C=O) groups is 1. The molecule has 1 aromatic heterocycles. The van der Waals surface area contributed by atoms with Gasteiger partial charge >= 0.3 is 0 Å². The number of aromatic nitrogens is 2. The molecule has 0 saturated carbocycles. The number of ether oxygens (including phenoxy) is 1. The number of amides is 1. The van der Waals surface area contributed by atoms with Crippen LogP contribution in [0.4, 0.5) is 0 Å². The number of methoxy groups -OCH3 is 1. The molecule has 2 heterocycles. The van der Waals surface area contributed by atoms with Gasteiger partial charge in [0.25, 0.3) is 5.91 Å². The Morgan fingerprint density at radius 2 is 1.71 bits per heavy atom. The van der Waals surface area contributed by atoms with E-state index in [4.69, 9.17) is 4.74 Å². The average Bonchev–Trinajstić information content (AvgIpc) is 3.35. The van der Waals surface area contributed by atoms with Gasteiger partial charge in [0, 0.05) is 17.7 Å². The Morgan fingerprint density at radius 1 is 1.00 bits per heavy atom. The van der Waals surface area contributed by atoms with E-state index in [1.165, 1.54) is 0 Å². The Bertz CT molecular complexity index is 1220. The van der Waals surface area contributed by atoms with Crippen molar-refractivity contribution in [3.05, 3.63) is 101 Å². The van der Waals surface area contributed by atoms with Crippen LogP contribution in [-0.2, 0) is 6.54 Å². The van der Waals surface area contributed by atoms with Gasteiger partial charge in [0.15, 0.2) is 0 Å². The first-order valence-electron chi connectivity index (χ1n) is 10.0. The fourth-order valence-corrected chi connectivity index (χ4v) is 4.11. The zero-order chi connectivity index (χ0) is 21.4. The molecule has 0 fully saturated rings. The summed E-state index contributed by atoms with van der Waals surface area (Å²) >= 11 is 0. The first-order valence-corrected chi connectivity index (χ1v) is 10.0. The van der Waals surface area contributed by atoms with Crippen LogP contribution in [0.5, 0.6) is 11.5 Å². The summed E-state index contributed by atoms with van der Waals surface area (Å²) in [6.45, 7) is 0.468. The normalized spacial score (nSPS) is 15.2. The van der Waals surface area contributed by atoms with Crippen molar-refractivity contribution in [2.24, 2.45) is 0 Å². The molecule has 6 nitrogen and oxygen atoms in total. The van der Waals surface area contributed by atoms with Gasteiger partial charge in [-0.05, 0) is 47.5 Å². The molecule has 0 saturated heterocycles. The van der Waals surface area contributed by atoms with Gasteiger partial charge in [-0.1, -0.05) is 42.5 Å². The summed E-state index contributed by atoms with van der Waals surface area (Å²) in [5.41, 5.74) is 4.94. The number of aromatic hydroxyl groups is 1. The molecule has 2 N–H and O–H groups in total. The molecule has 5 rings (SSSR count). The molecule has 4 aromatic rings. The van der Waals surface area contributed by atoms with Crippen LogP contribution in [0.3, 0.4) is 0 Å². The standard InChI is InChI=1S/C25H21N3O3/c1-31-20-13-9-17(10-14-20)22-21-23(27-26-22)25(30)28(15-16-5-3-2-4-6-16)24(21)18-7-11-19(29)12-8-18/h2-14,24,29H,15H2,1H3,(H,26,27). The Labute approximate surface area is 179 Å². The van der Waals surface area contributed by atoms with Gasteiger partial charge in [-0.3, -0.25) is 9.89 Å². The lowest BCUT2D eigenvalue weighted by Crippen LogP contribution is -2.29. The maximum absolute atomic E-state index is 13.4. The van der Waals surface area contributed by atoms with Gasteiger partial charge in [-0.25, -0.2) is 0 Å². The van der Waals surface area contributed by atoms with E-state index in [2.05, 4.69) is 10.2 Å². The molecular weight excluding hydrogens is 390 g/mol. The summed E-state index contributed by atoms with van der Waals surface area (Å²) in [6, 6.07) is 24.2. The van der Waals surface area contributed by atoms with Crippen molar-refractivity contribution in [2.75, 3.05) is 7.11 Å². The highest BCUT2D eigenvalue weighted by molar-refractivity contribution is 6.00. The van der Waals surface area contributed by atoms with E-state index in [1.54, 1.807) is 19.2 Å². The number of phenolic OH excluding ortho intramolecular Hbond substituents is 1. The van der Waals surface area contributed by atoms with E-state index in [-0.39, 0.29) is 17.7 Å². The van der Waals surface area contributed by atoms with E-state index >= 15 is 0 Å². The Hall–Kier alpha value is -4.06. The lowest BCUT2D eigenvalue weighted by atomic mass is 9.96. The number of carbonyl (C=O) groups excluding carboxylic acids is 1. The number of fused-ring (bicyclic) bond motifs is 1. The predicted octanol–water partition coefficient (Wildman–Crippen LogP) is 4.54. The average molecular weight is 411 g/mol. The molecule has 0 radical (unpaired) electrons. The third-order valence-electron chi connectivity index (χ3n) is 5.63. The first-order chi connectivity index (χ1) is 15.2. The van der Waals surface area contributed by atoms with Crippen LogP contribution >= 0.6 is 0 Å². The van der Waals surface area contributed by atoms with Crippen molar-refractivity contribution in [3.63, 3.8) is 0 Å². The van der Waals surface area contributed by atoms with Crippen molar-refractivity contribution in [1.82, 2.24) is 15.1 Å². The summed E-state index contributed by atoms with van der Waals surface area (Å²) in [6.07, 6.45) is 0. The van der Waals surface area contributed by atoms with Crippen molar-refractivity contribution < 1.29 is 14.6 Å². The van der Waals surface area contributed by atoms with Gasteiger partial charge in [-0.15, -0.1) is 0 Å². The van der Waals surface area contributed by atoms with Crippen molar-refractivity contribution in [1.29, 1.82) is 0 Å². The third kappa shape index (κ3) is 3.32. The molecule has 31 heavy (non-hydrogen) atoms. The van der Waals surface area contributed by atoms with Crippen molar-refractivity contribution in [3.8, 4) is 22.8 Å². The summed E-state index contributed by atoms with van der Waals surface area (Å²) in [5, 5.41) is 17.2. The molecule has 1 aliphatic heterocycles. The summed E-state index contributed by atoms with van der Waals surface area (Å²) in [5.74, 6) is 0.850. The Morgan fingerprint density at radius 3 is 2.39 bits per heavy atom. The molecular formula is C25H21N3O3. The van der Waals surface area contributed by atoms with Crippen molar-refractivity contribution in [2.45, 2.75) is 12.6 Å². The maximum Gasteiger partial charge on any atom is 0.273 e. The second-order valence-corrected chi connectivity index (χ2v) is 7.50. The molecule has 6 heteroatoms. The maximum atomic E-state index is 13.4. The largest absolute Gasteiger partial charge is 0.508 e. The number of hydrogen-bond acceptors (Lipinski definition) is 4. The van der Waals surface area contributed by atoms with Gasteiger partial charge in [0.05, 0.1) is 18.8 Å². The summed E-state index contributed by atoms with van der Waals surface area (Å²) in [7, 11) is 1.63. The quantitative estimate of drug-likeness (QED) is 0.506. The predicted molar refractivity (Wildman–Crippen MR) is 117 cm³/mol. The fourth-order valence-electron chi connectivity index (χ4n) is 4.11. The zero-order valence-electron chi connectivity index (χ0n) is 16.9. The number of phenols is 1. The topological polar surface area (TPSA) is 78.5 Å². The summed E-state index contributed by atoms with van der Waals surface area (Å²) in [4.78, 5) is 15.2. The molecule has 0 bridgehead atoms. The van der Waals surface area contributed by atoms with Crippen LogP contribution in [0.15, 0.2) is 78.9 Å². The number of H-pyrrole nitrogens is 1. The minimum Gasteiger partial charge on any atom is -0.508 e. The number of nitrogens with zero attached hydrogens (tertiary/aromatic N) is 2. The highest BCUT2D eigenvalue weighted by Crippen LogP contribution is 2.43. The lowest BCUT2D eigenvalue weighted by Gasteiger charge is -2.26. The lowest BCUT2D eigenvalue weighted by molar-refractivity contribution is 0.0730. The first kappa shape index (κ1) is 18.9. The van der Waals surface area contributed by atoms with Gasteiger partial charge in [0.1, 0.15) is 17.2 Å². The molecule has 1 unspecified atom stereocenters. The molecule has 0 spiro atoms. The number of aromatic amines is 1. The SMILES string of the molecule is COc1ccc(-c2n[nH]c3c2C(c2ccc(O)cc2)N(Cc2ccccc2)C3=O)cc1. The van der Waals surface area contributed by atoms with E-state index in [1.807, 2.05) is 71.6 Å². The third-order valence-corrected chi connectivity index (χ3v) is 5.63. The van der Waals surface area contributed by atoms with Gasteiger partial charge < -0.3 is 14.7 Å². The molecule has 1 aliphatic rings. The summed E-state index contributed by atoms with van der Waals surface area (Å²) < 4.78 is 5.27. The molecule has 1 atom stereocenters. The minimum absolute atomic E-state index is 0.0933. The molecule has 1 amide bonds. The van der Waals surface area contributed by atoms with Crippen LogP contribution < -0.4 is 4.74 Å². The van der Waals surface area contributed by atoms with Crippen molar-refractivity contribution >= 4 is 5.91 Å². The van der Waals surface area contributed by atoms with Crippen LogP contribution in [0.2, 0.25) is 0 Å². The van der Waals surface area contributed by atoms with Crippen LogP contribution in [0.1, 0.15) is 33.2 Å². The highest BCUT2D eigenvalue weighted by Gasteiger charge is 2.42. The highest BCUT2D eigenvalue weighted by atomic mass is 16.5. The number of hydrogen-bond donors (Lipinski definition) is 2. The molecule has 154 valence electrons. The second-order valence-electron chi connectivity index (χ2n) is 7.50. The monoisotopic (exact) mass is 411 g/mol. The van der Waals surface area contributed by atoms with E-state index in [9.17, 15) is 9.90 Å². The smallest absolute Gasteiger partial charge is 0.273 e. The number of nitrogens with one attached hydrogen (secondary N) is 1. The van der Waals surface area contributed by atoms with Crippen LogP contribution in [0.25, 0.3) is 11.3 Å². The number of rotatable bonds is 5. The molecule has 3 aromatic carbocycles. The van der Waals surface area contributed by atoms with E-state index < -0.39 is 0 Å². The van der Waals surface area contributed by atoms with Crippen LogP contribution in [-0.4, -0.2) is 33.2 Å². The zero-order valence-corrected chi connectivity index (χ0v) is 16.9. The van der Waals surface area contributed by atoms with Crippen LogP contribution in [0, 0.1) is 0 Å².